The normalized spacial score (nSPS) is 39.8. The molecule has 0 spiro atoms. The van der Waals surface area contributed by atoms with Crippen molar-refractivity contribution in [1.29, 1.82) is 0 Å². The van der Waals surface area contributed by atoms with Crippen molar-refractivity contribution < 1.29 is 0 Å². The van der Waals surface area contributed by atoms with E-state index in [0.717, 1.165) is 5.92 Å². The molecular formula is C10H19N3. The fourth-order valence-corrected chi connectivity index (χ4v) is 1.82. The highest BCUT2D eigenvalue weighted by molar-refractivity contribution is 5.78. The van der Waals surface area contributed by atoms with Gasteiger partial charge in [-0.15, -0.1) is 0 Å². The molecule has 0 aliphatic heterocycles. The minimum atomic E-state index is 0.473. The van der Waals surface area contributed by atoms with Crippen LogP contribution in [-0.2, 0) is 0 Å². The largest absolute Gasteiger partial charge is 0.370 e. The monoisotopic (exact) mass is 181 g/mol. The van der Waals surface area contributed by atoms with Crippen molar-refractivity contribution in [3.8, 4) is 0 Å². The van der Waals surface area contributed by atoms with E-state index in [1.807, 2.05) is 0 Å². The van der Waals surface area contributed by atoms with E-state index in [2.05, 4.69) is 24.2 Å². The van der Waals surface area contributed by atoms with E-state index < -0.39 is 0 Å². The zero-order valence-electron chi connectivity index (χ0n) is 8.46. The van der Waals surface area contributed by atoms with Crippen LogP contribution in [0.4, 0.5) is 0 Å². The summed E-state index contributed by atoms with van der Waals surface area (Å²) in [4.78, 5) is 4.48. The Hall–Kier alpha value is -0.730. The molecule has 0 radical (unpaired) electrons. The SMILES string of the molecule is CC1CC(N=C(N)NC2CC2)C1C. The number of hydrogen-bond donors (Lipinski definition) is 2. The number of nitrogens with one attached hydrogen (secondary N) is 1. The summed E-state index contributed by atoms with van der Waals surface area (Å²) in [6.45, 7) is 4.54. The molecule has 0 heterocycles. The zero-order valence-corrected chi connectivity index (χ0v) is 8.46. The van der Waals surface area contributed by atoms with Crippen LogP contribution >= 0.6 is 0 Å². The molecular weight excluding hydrogens is 162 g/mol. The molecule has 0 saturated heterocycles. The lowest BCUT2D eigenvalue weighted by molar-refractivity contribution is 0.174. The van der Waals surface area contributed by atoms with Crippen molar-refractivity contribution in [3.05, 3.63) is 0 Å². The first-order valence-electron chi connectivity index (χ1n) is 5.26. The minimum Gasteiger partial charge on any atom is -0.370 e. The van der Waals surface area contributed by atoms with Crippen LogP contribution in [0.1, 0.15) is 33.1 Å². The summed E-state index contributed by atoms with van der Waals surface area (Å²) in [5.41, 5.74) is 5.77. The van der Waals surface area contributed by atoms with E-state index in [4.69, 9.17) is 5.73 Å². The van der Waals surface area contributed by atoms with Gasteiger partial charge in [-0.2, -0.15) is 0 Å². The number of rotatable bonds is 2. The minimum absolute atomic E-state index is 0.473. The first-order valence-corrected chi connectivity index (χ1v) is 5.26. The molecule has 3 nitrogen and oxygen atoms in total. The molecule has 74 valence electrons. The molecule has 0 bridgehead atoms. The molecule has 2 fully saturated rings. The zero-order chi connectivity index (χ0) is 9.42. The molecule has 3 N–H and O–H groups in total. The molecule has 0 amide bonds. The number of aliphatic imine (C=N–C) groups is 1. The van der Waals surface area contributed by atoms with Crippen LogP contribution in [0.5, 0.6) is 0 Å². The van der Waals surface area contributed by atoms with E-state index in [9.17, 15) is 0 Å². The molecule has 3 unspecified atom stereocenters. The highest BCUT2D eigenvalue weighted by Crippen LogP contribution is 2.36. The van der Waals surface area contributed by atoms with Crippen molar-refractivity contribution in [2.24, 2.45) is 22.6 Å². The molecule has 3 heteroatoms. The summed E-state index contributed by atoms with van der Waals surface area (Å²) in [7, 11) is 0. The Bertz CT molecular complexity index is 220. The summed E-state index contributed by atoms with van der Waals surface area (Å²) in [6, 6.07) is 1.10. The van der Waals surface area contributed by atoms with E-state index in [1.165, 1.54) is 19.3 Å². The van der Waals surface area contributed by atoms with Crippen molar-refractivity contribution in [2.45, 2.75) is 45.2 Å². The molecule has 3 atom stereocenters. The second-order valence-electron chi connectivity index (χ2n) is 4.57. The van der Waals surface area contributed by atoms with Gasteiger partial charge < -0.3 is 11.1 Å². The van der Waals surface area contributed by atoms with Gasteiger partial charge in [-0.05, 0) is 31.1 Å². The lowest BCUT2D eigenvalue weighted by atomic mass is 9.72. The van der Waals surface area contributed by atoms with Crippen LogP contribution in [0, 0.1) is 11.8 Å². The summed E-state index contributed by atoms with van der Waals surface area (Å²) in [5.74, 6) is 2.19. The first kappa shape index (κ1) is 8.85. The van der Waals surface area contributed by atoms with Crippen molar-refractivity contribution >= 4 is 5.96 Å². The van der Waals surface area contributed by atoms with Gasteiger partial charge in [-0.1, -0.05) is 13.8 Å². The van der Waals surface area contributed by atoms with Crippen molar-refractivity contribution in [2.75, 3.05) is 0 Å². The molecule has 2 aliphatic carbocycles. The van der Waals surface area contributed by atoms with Gasteiger partial charge in [0.05, 0.1) is 6.04 Å². The van der Waals surface area contributed by atoms with Gasteiger partial charge >= 0.3 is 0 Å². The van der Waals surface area contributed by atoms with Crippen LogP contribution in [0.2, 0.25) is 0 Å². The van der Waals surface area contributed by atoms with Crippen LogP contribution in [-0.4, -0.2) is 18.0 Å². The van der Waals surface area contributed by atoms with Gasteiger partial charge in [-0.25, -0.2) is 4.99 Å². The van der Waals surface area contributed by atoms with E-state index in [1.54, 1.807) is 0 Å². The maximum Gasteiger partial charge on any atom is 0.189 e. The van der Waals surface area contributed by atoms with E-state index in [-0.39, 0.29) is 0 Å². The average molecular weight is 181 g/mol. The Morgan fingerprint density at radius 3 is 2.54 bits per heavy atom. The lowest BCUT2D eigenvalue weighted by Crippen LogP contribution is -2.41. The summed E-state index contributed by atoms with van der Waals surface area (Å²) in [5, 5.41) is 3.22. The predicted octanol–water partition coefficient (Wildman–Crippen LogP) is 1.10. The van der Waals surface area contributed by atoms with Crippen LogP contribution in [0.3, 0.4) is 0 Å². The van der Waals surface area contributed by atoms with Gasteiger partial charge in [0.15, 0.2) is 5.96 Å². The third kappa shape index (κ3) is 1.95. The van der Waals surface area contributed by atoms with Crippen LogP contribution in [0.15, 0.2) is 4.99 Å². The first-order chi connectivity index (χ1) is 6.16. The second kappa shape index (κ2) is 3.20. The lowest BCUT2D eigenvalue weighted by Gasteiger charge is -2.38. The number of hydrogen-bond acceptors (Lipinski definition) is 1. The number of nitrogens with two attached hydrogens (primary N) is 1. The highest BCUT2D eigenvalue weighted by Gasteiger charge is 2.34. The van der Waals surface area contributed by atoms with Crippen molar-refractivity contribution in [3.63, 3.8) is 0 Å². The average Bonchev–Trinajstić information content (AvgIpc) is 2.87. The third-order valence-electron chi connectivity index (χ3n) is 3.35. The van der Waals surface area contributed by atoms with E-state index in [0.29, 0.717) is 24.0 Å². The summed E-state index contributed by atoms with van der Waals surface area (Å²) >= 11 is 0. The quantitative estimate of drug-likeness (QED) is 0.495. The molecule has 0 aromatic rings. The molecule has 0 aromatic carbocycles. The van der Waals surface area contributed by atoms with E-state index >= 15 is 0 Å². The topological polar surface area (TPSA) is 50.4 Å². The third-order valence-corrected chi connectivity index (χ3v) is 3.35. The number of guanidine groups is 1. The second-order valence-corrected chi connectivity index (χ2v) is 4.57. The Labute approximate surface area is 79.8 Å². The Balaban J connectivity index is 1.80. The Kier molecular flexibility index (Phi) is 2.18. The van der Waals surface area contributed by atoms with Gasteiger partial charge in [0, 0.05) is 6.04 Å². The van der Waals surface area contributed by atoms with Gasteiger partial charge in [0.2, 0.25) is 0 Å². The fourth-order valence-electron chi connectivity index (χ4n) is 1.82. The standard InChI is InChI=1S/C10H19N3/c1-6-5-9(7(6)2)13-10(11)12-8-3-4-8/h6-9H,3-5H2,1-2H3,(H3,11,12,13). The fraction of sp³-hybridized carbons (Fsp3) is 0.900. The van der Waals surface area contributed by atoms with Gasteiger partial charge in [-0.3, -0.25) is 0 Å². The van der Waals surface area contributed by atoms with Crippen molar-refractivity contribution in [1.82, 2.24) is 5.32 Å². The smallest absolute Gasteiger partial charge is 0.189 e. The molecule has 2 saturated carbocycles. The van der Waals surface area contributed by atoms with Gasteiger partial charge in [0.25, 0.3) is 0 Å². The Morgan fingerprint density at radius 2 is 2.08 bits per heavy atom. The van der Waals surface area contributed by atoms with Crippen LogP contribution < -0.4 is 11.1 Å². The molecule has 0 aromatic heterocycles. The summed E-state index contributed by atoms with van der Waals surface area (Å²) < 4.78 is 0. The predicted molar refractivity (Wildman–Crippen MR) is 54.5 cm³/mol. The maximum absolute atomic E-state index is 5.77. The number of nitrogens with zero attached hydrogens (tertiary/aromatic N) is 1. The molecule has 2 aliphatic rings. The molecule has 2 rings (SSSR count). The molecule has 13 heavy (non-hydrogen) atoms. The van der Waals surface area contributed by atoms with Crippen LogP contribution in [0.25, 0.3) is 0 Å². The maximum atomic E-state index is 5.77. The highest BCUT2D eigenvalue weighted by atomic mass is 15.1. The Morgan fingerprint density at radius 1 is 1.38 bits per heavy atom. The summed E-state index contributed by atoms with van der Waals surface area (Å²) in [6.07, 6.45) is 3.72. The van der Waals surface area contributed by atoms with Gasteiger partial charge in [0.1, 0.15) is 0 Å².